The van der Waals surface area contributed by atoms with Gasteiger partial charge in [0.05, 0.1) is 18.7 Å². The summed E-state index contributed by atoms with van der Waals surface area (Å²) in [6.45, 7) is 1.88. The molecular formula is C14H13N3O3. The summed E-state index contributed by atoms with van der Waals surface area (Å²) in [5.41, 5.74) is 3.53. The van der Waals surface area contributed by atoms with Crippen LogP contribution in [0.4, 0.5) is 0 Å². The van der Waals surface area contributed by atoms with E-state index in [2.05, 4.69) is 20.3 Å². The zero-order valence-corrected chi connectivity index (χ0v) is 11.1. The van der Waals surface area contributed by atoms with Crippen LogP contribution < -0.4 is 5.32 Å². The third-order valence-corrected chi connectivity index (χ3v) is 3.44. The molecule has 1 aliphatic heterocycles. The quantitative estimate of drug-likeness (QED) is 0.807. The molecule has 6 heteroatoms. The molecule has 2 heterocycles. The lowest BCUT2D eigenvalue weighted by Gasteiger charge is -2.12. The number of aryl methyl sites for hydroxylation is 1. The fourth-order valence-electron chi connectivity index (χ4n) is 2.42. The maximum absolute atomic E-state index is 11.8. The summed E-state index contributed by atoms with van der Waals surface area (Å²) in [5, 5.41) is 9.71. The normalized spacial score (nSPS) is 16.7. The number of benzene rings is 1. The van der Waals surface area contributed by atoms with Gasteiger partial charge in [-0.05, 0) is 24.6 Å². The number of rotatable bonds is 2. The number of aromatic nitrogens is 2. The number of aromatic amines is 1. The molecule has 1 aliphatic rings. The SMILES string of the molecule is COC(=O)c1ccc([C@H]2NC(=O)c3n[nH]c(C)c32)cc1. The molecule has 1 aromatic carbocycles. The Labute approximate surface area is 115 Å². The number of nitrogens with zero attached hydrogens (tertiary/aromatic N) is 1. The highest BCUT2D eigenvalue weighted by Crippen LogP contribution is 2.31. The predicted molar refractivity (Wildman–Crippen MR) is 70.4 cm³/mol. The molecule has 1 atom stereocenters. The zero-order valence-electron chi connectivity index (χ0n) is 11.1. The monoisotopic (exact) mass is 271 g/mol. The molecule has 1 amide bonds. The number of methoxy groups -OCH3 is 1. The fourth-order valence-corrected chi connectivity index (χ4v) is 2.42. The van der Waals surface area contributed by atoms with Crippen molar-refractivity contribution in [1.82, 2.24) is 15.5 Å². The second kappa shape index (κ2) is 4.48. The number of fused-ring (bicyclic) bond motifs is 1. The van der Waals surface area contributed by atoms with E-state index in [4.69, 9.17) is 0 Å². The molecule has 2 aromatic rings. The number of amides is 1. The fraction of sp³-hybridized carbons (Fsp3) is 0.214. The molecule has 0 bridgehead atoms. The van der Waals surface area contributed by atoms with Gasteiger partial charge in [0.15, 0.2) is 5.69 Å². The summed E-state index contributed by atoms with van der Waals surface area (Å²) in [6, 6.07) is 6.74. The van der Waals surface area contributed by atoms with Gasteiger partial charge in [0.25, 0.3) is 5.91 Å². The van der Waals surface area contributed by atoms with Crippen LogP contribution in [0.5, 0.6) is 0 Å². The van der Waals surface area contributed by atoms with E-state index in [0.29, 0.717) is 11.3 Å². The van der Waals surface area contributed by atoms with Crippen molar-refractivity contribution in [3.8, 4) is 0 Å². The molecule has 1 aromatic heterocycles. The van der Waals surface area contributed by atoms with Gasteiger partial charge < -0.3 is 10.1 Å². The van der Waals surface area contributed by atoms with E-state index in [1.807, 2.05) is 6.92 Å². The number of hydrogen-bond donors (Lipinski definition) is 2. The van der Waals surface area contributed by atoms with Crippen molar-refractivity contribution >= 4 is 11.9 Å². The highest BCUT2D eigenvalue weighted by Gasteiger charge is 2.34. The van der Waals surface area contributed by atoms with Crippen molar-refractivity contribution in [3.05, 3.63) is 52.3 Å². The second-order valence-electron chi connectivity index (χ2n) is 4.63. The number of esters is 1. The average Bonchev–Trinajstić information content (AvgIpc) is 3.00. The Morgan fingerprint density at radius 3 is 2.65 bits per heavy atom. The Morgan fingerprint density at radius 2 is 2.00 bits per heavy atom. The van der Waals surface area contributed by atoms with Crippen LogP contribution in [0.25, 0.3) is 0 Å². The van der Waals surface area contributed by atoms with Crippen molar-refractivity contribution in [2.24, 2.45) is 0 Å². The molecule has 6 nitrogen and oxygen atoms in total. The summed E-state index contributed by atoms with van der Waals surface area (Å²) in [4.78, 5) is 23.2. The number of ether oxygens (including phenoxy) is 1. The van der Waals surface area contributed by atoms with Crippen molar-refractivity contribution < 1.29 is 14.3 Å². The van der Waals surface area contributed by atoms with Gasteiger partial charge in [0, 0.05) is 11.3 Å². The Morgan fingerprint density at radius 1 is 1.30 bits per heavy atom. The van der Waals surface area contributed by atoms with Gasteiger partial charge in [-0.3, -0.25) is 9.89 Å². The van der Waals surface area contributed by atoms with Gasteiger partial charge >= 0.3 is 5.97 Å². The molecule has 0 unspecified atom stereocenters. The van der Waals surface area contributed by atoms with Crippen LogP contribution in [0, 0.1) is 6.92 Å². The van der Waals surface area contributed by atoms with Crippen LogP contribution in [-0.2, 0) is 4.74 Å². The third-order valence-electron chi connectivity index (χ3n) is 3.44. The highest BCUT2D eigenvalue weighted by atomic mass is 16.5. The lowest BCUT2D eigenvalue weighted by atomic mass is 9.99. The van der Waals surface area contributed by atoms with Crippen LogP contribution >= 0.6 is 0 Å². The van der Waals surface area contributed by atoms with Crippen LogP contribution in [-0.4, -0.2) is 29.2 Å². The van der Waals surface area contributed by atoms with E-state index >= 15 is 0 Å². The van der Waals surface area contributed by atoms with Crippen LogP contribution in [0.2, 0.25) is 0 Å². The van der Waals surface area contributed by atoms with E-state index < -0.39 is 0 Å². The van der Waals surface area contributed by atoms with Gasteiger partial charge in [-0.15, -0.1) is 0 Å². The molecule has 0 radical (unpaired) electrons. The summed E-state index contributed by atoms with van der Waals surface area (Å²) >= 11 is 0. The van der Waals surface area contributed by atoms with E-state index in [-0.39, 0.29) is 17.9 Å². The van der Waals surface area contributed by atoms with Crippen LogP contribution in [0.15, 0.2) is 24.3 Å². The summed E-state index contributed by atoms with van der Waals surface area (Å²) in [6.07, 6.45) is 0. The first-order chi connectivity index (χ1) is 9.61. The molecule has 20 heavy (non-hydrogen) atoms. The first-order valence-electron chi connectivity index (χ1n) is 6.16. The van der Waals surface area contributed by atoms with Gasteiger partial charge in [-0.2, -0.15) is 5.10 Å². The molecule has 3 rings (SSSR count). The zero-order chi connectivity index (χ0) is 14.3. The van der Waals surface area contributed by atoms with Crippen molar-refractivity contribution in [2.45, 2.75) is 13.0 Å². The van der Waals surface area contributed by atoms with Crippen molar-refractivity contribution in [2.75, 3.05) is 7.11 Å². The topological polar surface area (TPSA) is 84.1 Å². The Hall–Kier alpha value is -2.63. The minimum absolute atomic E-state index is 0.189. The minimum Gasteiger partial charge on any atom is -0.465 e. The number of carbonyl (C=O) groups excluding carboxylic acids is 2. The number of nitrogens with one attached hydrogen (secondary N) is 2. The van der Waals surface area contributed by atoms with Crippen LogP contribution in [0.1, 0.15) is 43.7 Å². The molecular weight excluding hydrogens is 258 g/mol. The van der Waals surface area contributed by atoms with E-state index in [0.717, 1.165) is 16.8 Å². The van der Waals surface area contributed by atoms with Crippen LogP contribution in [0.3, 0.4) is 0 Å². The number of hydrogen-bond acceptors (Lipinski definition) is 4. The maximum Gasteiger partial charge on any atom is 0.337 e. The van der Waals surface area contributed by atoms with Gasteiger partial charge in [0.2, 0.25) is 0 Å². The molecule has 0 saturated carbocycles. The Kier molecular flexibility index (Phi) is 2.78. The second-order valence-corrected chi connectivity index (χ2v) is 4.63. The summed E-state index contributed by atoms with van der Waals surface area (Å²) < 4.78 is 4.66. The largest absolute Gasteiger partial charge is 0.465 e. The first kappa shape index (κ1) is 12.4. The molecule has 102 valence electrons. The number of H-pyrrole nitrogens is 1. The lowest BCUT2D eigenvalue weighted by Crippen LogP contribution is -2.21. The summed E-state index contributed by atoms with van der Waals surface area (Å²) in [7, 11) is 1.34. The molecule has 0 spiro atoms. The van der Waals surface area contributed by atoms with Crippen molar-refractivity contribution in [1.29, 1.82) is 0 Å². The van der Waals surface area contributed by atoms with E-state index in [9.17, 15) is 9.59 Å². The summed E-state index contributed by atoms with van der Waals surface area (Å²) in [5.74, 6) is -0.571. The van der Waals surface area contributed by atoms with Crippen molar-refractivity contribution in [3.63, 3.8) is 0 Å². The molecule has 2 N–H and O–H groups in total. The Bertz CT molecular complexity index is 688. The minimum atomic E-state index is -0.382. The molecule has 0 saturated heterocycles. The lowest BCUT2D eigenvalue weighted by molar-refractivity contribution is 0.0600. The first-order valence-corrected chi connectivity index (χ1v) is 6.16. The molecule has 0 fully saturated rings. The van der Waals surface area contributed by atoms with E-state index in [1.165, 1.54) is 7.11 Å². The van der Waals surface area contributed by atoms with Gasteiger partial charge in [-0.25, -0.2) is 4.79 Å². The standard InChI is InChI=1S/C14H13N3O3/c1-7-10-11(15-13(18)12(10)17-16-7)8-3-5-9(6-4-8)14(19)20-2/h3-6,11H,1-2H3,(H,15,18)(H,16,17)/t11-/m1/s1. The Balaban J connectivity index is 1.97. The smallest absolute Gasteiger partial charge is 0.337 e. The maximum atomic E-state index is 11.8. The average molecular weight is 271 g/mol. The third kappa shape index (κ3) is 1.77. The van der Waals surface area contributed by atoms with Gasteiger partial charge in [0.1, 0.15) is 0 Å². The molecule has 0 aliphatic carbocycles. The van der Waals surface area contributed by atoms with E-state index in [1.54, 1.807) is 24.3 Å². The number of carbonyl (C=O) groups is 2. The predicted octanol–water partition coefficient (Wildman–Crippen LogP) is 1.34. The highest BCUT2D eigenvalue weighted by molar-refractivity contribution is 5.98. The van der Waals surface area contributed by atoms with Gasteiger partial charge in [-0.1, -0.05) is 12.1 Å².